The molecule has 0 N–H and O–H groups in total. The summed E-state index contributed by atoms with van der Waals surface area (Å²) >= 11 is 2.66. The molecule has 3 aliphatic carbocycles. The highest BCUT2D eigenvalue weighted by Gasteiger charge is 2.41. The summed E-state index contributed by atoms with van der Waals surface area (Å²) in [6, 6.07) is 0. The van der Waals surface area contributed by atoms with Gasteiger partial charge < -0.3 is 0 Å². The Labute approximate surface area is 120 Å². The first-order chi connectivity index (χ1) is 8.24. The zero-order valence-corrected chi connectivity index (χ0v) is 13.4. The van der Waals surface area contributed by atoms with E-state index in [9.17, 15) is 0 Å². The second kappa shape index (κ2) is 5.38. The first-order valence-corrected chi connectivity index (χ1v) is 9.12. The van der Waals surface area contributed by atoms with Crippen LogP contribution in [0.5, 0.6) is 0 Å². The van der Waals surface area contributed by atoms with E-state index < -0.39 is 0 Å². The van der Waals surface area contributed by atoms with Crippen molar-refractivity contribution >= 4 is 22.6 Å². The number of rotatable bonds is 1. The summed E-state index contributed by atoms with van der Waals surface area (Å²) in [6.07, 6.45) is 14.1. The van der Waals surface area contributed by atoms with Crippen LogP contribution >= 0.6 is 22.6 Å². The fourth-order valence-electron chi connectivity index (χ4n) is 5.06. The highest BCUT2D eigenvalue weighted by molar-refractivity contribution is 14.1. The zero-order valence-electron chi connectivity index (χ0n) is 11.2. The molecule has 1 heteroatoms. The second-order valence-corrected chi connectivity index (χ2v) is 9.01. The molecule has 0 aromatic carbocycles. The van der Waals surface area contributed by atoms with Crippen LogP contribution in [0.2, 0.25) is 0 Å². The average Bonchev–Trinajstić information content (AvgIpc) is 2.35. The van der Waals surface area contributed by atoms with E-state index in [1.807, 2.05) is 0 Å². The third-order valence-corrected chi connectivity index (χ3v) is 7.12. The van der Waals surface area contributed by atoms with Crippen molar-refractivity contribution in [3.05, 3.63) is 0 Å². The van der Waals surface area contributed by atoms with E-state index in [1.165, 1.54) is 19.3 Å². The molecule has 3 aliphatic rings. The predicted octanol–water partition coefficient (Wildman–Crippen LogP) is 5.44. The molecule has 0 saturated heterocycles. The predicted molar refractivity (Wildman–Crippen MR) is 82.5 cm³/mol. The third-order valence-electron chi connectivity index (χ3n) is 6.11. The maximum absolute atomic E-state index is 2.66. The summed E-state index contributed by atoms with van der Waals surface area (Å²) in [5.74, 6) is 5.55. The van der Waals surface area contributed by atoms with Crippen molar-refractivity contribution in [3.8, 4) is 0 Å². The molecule has 0 aromatic rings. The van der Waals surface area contributed by atoms with Gasteiger partial charge in [0.25, 0.3) is 0 Å². The lowest BCUT2D eigenvalue weighted by molar-refractivity contribution is 0.0357. The Balaban J connectivity index is 1.64. The second-order valence-electron chi connectivity index (χ2n) is 7.05. The fraction of sp³-hybridized carbons (Fsp3) is 1.00. The Hall–Kier alpha value is 0.730. The van der Waals surface area contributed by atoms with Crippen LogP contribution in [-0.4, -0.2) is 3.92 Å². The van der Waals surface area contributed by atoms with Crippen LogP contribution < -0.4 is 0 Å². The minimum Gasteiger partial charge on any atom is -0.0826 e. The minimum atomic E-state index is 0.901. The van der Waals surface area contributed by atoms with Crippen LogP contribution in [0.4, 0.5) is 0 Å². The zero-order chi connectivity index (χ0) is 11.8. The van der Waals surface area contributed by atoms with Crippen molar-refractivity contribution in [3.63, 3.8) is 0 Å². The fourth-order valence-corrected chi connectivity index (χ4v) is 5.72. The smallest absolute Gasteiger partial charge is 0.0110 e. The molecule has 0 heterocycles. The van der Waals surface area contributed by atoms with Crippen LogP contribution in [0, 0.1) is 29.6 Å². The molecule has 3 rings (SSSR count). The highest BCUT2D eigenvalue weighted by atomic mass is 127. The van der Waals surface area contributed by atoms with Gasteiger partial charge in [0.2, 0.25) is 0 Å². The summed E-state index contributed by atoms with van der Waals surface area (Å²) < 4.78 is 0.901. The van der Waals surface area contributed by atoms with Crippen molar-refractivity contribution in [2.45, 2.75) is 68.6 Å². The molecule has 3 fully saturated rings. The number of hydrogen-bond donors (Lipinski definition) is 0. The van der Waals surface area contributed by atoms with Gasteiger partial charge in [-0.05, 0) is 61.7 Å². The molecular formula is C16H27I. The summed E-state index contributed by atoms with van der Waals surface area (Å²) in [6.45, 7) is 2.43. The molecule has 98 valence electrons. The quantitative estimate of drug-likeness (QED) is 0.438. The van der Waals surface area contributed by atoms with Gasteiger partial charge in [0, 0.05) is 3.92 Å². The van der Waals surface area contributed by atoms with E-state index in [4.69, 9.17) is 0 Å². The number of fused-ring (bicyclic) bond motifs is 2. The Bertz CT molecular complexity index is 260. The third kappa shape index (κ3) is 2.69. The lowest BCUT2D eigenvalue weighted by atomic mass is 9.58. The molecule has 0 aromatic heterocycles. The molecule has 0 spiro atoms. The van der Waals surface area contributed by atoms with Gasteiger partial charge in [0.15, 0.2) is 0 Å². The standard InChI is InChI=1S/C16H27I/c1-11(17)12-6-7-15-9-13-4-2-3-5-14(13)10-16(15)8-12/h11-16H,2-10H2,1H3. The molecule has 0 amide bonds. The number of halogens is 1. The van der Waals surface area contributed by atoms with Gasteiger partial charge in [-0.2, -0.15) is 0 Å². The maximum Gasteiger partial charge on any atom is 0.0110 e. The first kappa shape index (κ1) is 12.7. The maximum atomic E-state index is 2.66. The molecule has 0 nitrogen and oxygen atoms in total. The molecule has 6 atom stereocenters. The lowest BCUT2D eigenvalue weighted by Gasteiger charge is -2.48. The van der Waals surface area contributed by atoms with Crippen LogP contribution in [0.3, 0.4) is 0 Å². The van der Waals surface area contributed by atoms with Crippen molar-refractivity contribution in [2.75, 3.05) is 0 Å². The highest BCUT2D eigenvalue weighted by Crippen LogP contribution is 2.51. The Morgan fingerprint density at radius 1 is 0.765 bits per heavy atom. The SMILES string of the molecule is CC(I)C1CCC2CC3CCCCC3CC2C1. The summed E-state index contributed by atoms with van der Waals surface area (Å²) in [4.78, 5) is 0. The molecule has 3 saturated carbocycles. The Kier molecular flexibility index (Phi) is 4.04. The van der Waals surface area contributed by atoms with Gasteiger partial charge in [-0.25, -0.2) is 0 Å². The van der Waals surface area contributed by atoms with Crippen LogP contribution in [0.25, 0.3) is 0 Å². The summed E-state index contributed by atoms with van der Waals surface area (Å²) in [7, 11) is 0. The largest absolute Gasteiger partial charge is 0.0826 e. The van der Waals surface area contributed by atoms with Crippen molar-refractivity contribution < 1.29 is 0 Å². The van der Waals surface area contributed by atoms with Gasteiger partial charge in [0.05, 0.1) is 0 Å². The molecule has 17 heavy (non-hydrogen) atoms. The topological polar surface area (TPSA) is 0 Å². The lowest BCUT2D eigenvalue weighted by Crippen LogP contribution is -2.38. The van der Waals surface area contributed by atoms with Crippen molar-refractivity contribution in [1.82, 2.24) is 0 Å². The van der Waals surface area contributed by atoms with Crippen LogP contribution in [-0.2, 0) is 0 Å². The van der Waals surface area contributed by atoms with E-state index in [1.54, 1.807) is 38.5 Å². The normalized spacial score (nSPS) is 48.0. The van der Waals surface area contributed by atoms with Crippen molar-refractivity contribution in [1.29, 1.82) is 0 Å². The monoisotopic (exact) mass is 346 g/mol. The number of hydrogen-bond acceptors (Lipinski definition) is 0. The van der Waals surface area contributed by atoms with Gasteiger partial charge >= 0.3 is 0 Å². The van der Waals surface area contributed by atoms with Crippen LogP contribution in [0.15, 0.2) is 0 Å². The van der Waals surface area contributed by atoms with Gasteiger partial charge in [-0.3, -0.25) is 0 Å². The summed E-state index contributed by atoms with van der Waals surface area (Å²) in [5.41, 5.74) is 0. The van der Waals surface area contributed by atoms with E-state index >= 15 is 0 Å². The Morgan fingerprint density at radius 3 is 2.00 bits per heavy atom. The number of alkyl halides is 1. The van der Waals surface area contributed by atoms with Gasteiger partial charge in [0.1, 0.15) is 0 Å². The minimum absolute atomic E-state index is 0.901. The van der Waals surface area contributed by atoms with E-state index in [2.05, 4.69) is 29.5 Å². The molecule has 0 aliphatic heterocycles. The van der Waals surface area contributed by atoms with E-state index in [0.717, 1.165) is 33.5 Å². The molecule has 0 bridgehead atoms. The van der Waals surface area contributed by atoms with Gasteiger partial charge in [-0.15, -0.1) is 0 Å². The summed E-state index contributed by atoms with van der Waals surface area (Å²) in [5, 5.41) is 0. The molecular weight excluding hydrogens is 319 g/mol. The van der Waals surface area contributed by atoms with Crippen molar-refractivity contribution in [2.24, 2.45) is 29.6 Å². The molecule has 0 radical (unpaired) electrons. The average molecular weight is 346 g/mol. The van der Waals surface area contributed by atoms with E-state index in [0.29, 0.717) is 0 Å². The van der Waals surface area contributed by atoms with Gasteiger partial charge in [-0.1, -0.05) is 55.2 Å². The van der Waals surface area contributed by atoms with Crippen LogP contribution in [0.1, 0.15) is 64.7 Å². The molecule has 6 unspecified atom stereocenters. The van der Waals surface area contributed by atoms with E-state index in [-0.39, 0.29) is 0 Å². The first-order valence-electron chi connectivity index (χ1n) is 7.88. The Morgan fingerprint density at radius 2 is 1.35 bits per heavy atom.